The molecule has 1 rings (SSSR count). The number of carbonyl (C=O) groups excluding carboxylic acids is 1. The van der Waals surface area contributed by atoms with Gasteiger partial charge >= 0.3 is 0 Å². The Morgan fingerprint density at radius 3 is 2.32 bits per heavy atom. The summed E-state index contributed by atoms with van der Waals surface area (Å²) in [5.74, 6) is 1.32. The molecule has 1 fully saturated rings. The van der Waals surface area contributed by atoms with Gasteiger partial charge in [-0.1, -0.05) is 36.7 Å². The lowest BCUT2D eigenvalue weighted by Gasteiger charge is -2.36. The summed E-state index contributed by atoms with van der Waals surface area (Å²) in [4.78, 5) is 12.2. The second-order valence-corrected chi connectivity index (χ2v) is 7.95. The largest absolute Gasteiger partial charge is 0.353 e. The van der Waals surface area contributed by atoms with Crippen LogP contribution in [0.2, 0.25) is 0 Å². The zero-order valence-corrected chi connectivity index (χ0v) is 14.6. The topological polar surface area (TPSA) is 29.1 Å². The van der Waals surface area contributed by atoms with Gasteiger partial charge in [0.05, 0.1) is 0 Å². The van der Waals surface area contributed by atoms with E-state index in [0.29, 0.717) is 11.5 Å². The van der Waals surface area contributed by atoms with Crippen molar-refractivity contribution in [2.24, 2.45) is 17.3 Å². The summed E-state index contributed by atoms with van der Waals surface area (Å²) in [5.41, 5.74) is 0.393. The quantitative estimate of drug-likeness (QED) is 0.737. The fraction of sp³-hybridized carbons (Fsp3) is 0.938. The van der Waals surface area contributed by atoms with E-state index in [-0.39, 0.29) is 11.8 Å². The number of amides is 1. The lowest BCUT2D eigenvalue weighted by molar-refractivity contribution is -0.127. The number of halogens is 1. The highest BCUT2D eigenvalue weighted by atomic mass is 79.9. The van der Waals surface area contributed by atoms with Crippen LogP contribution in [-0.2, 0) is 4.79 Å². The van der Waals surface area contributed by atoms with Gasteiger partial charge in [0.15, 0.2) is 0 Å². The SMILES string of the molecule is CC(CCCBr)NC(=O)C1CCC(C(C)(C)C)CC1. The van der Waals surface area contributed by atoms with Crippen LogP contribution in [-0.4, -0.2) is 17.3 Å². The molecule has 19 heavy (non-hydrogen) atoms. The molecule has 0 aromatic heterocycles. The Labute approximate surface area is 127 Å². The van der Waals surface area contributed by atoms with E-state index in [9.17, 15) is 4.79 Å². The van der Waals surface area contributed by atoms with Gasteiger partial charge in [-0.05, 0) is 56.8 Å². The predicted molar refractivity (Wildman–Crippen MR) is 85.5 cm³/mol. The molecular weight excluding hydrogens is 302 g/mol. The normalized spacial score (nSPS) is 25.9. The zero-order chi connectivity index (χ0) is 14.5. The number of carbonyl (C=O) groups is 1. The van der Waals surface area contributed by atoms with Crippen molar-refractivity contribution in [3.8, 4) is 0 Å². The van der Waals surface area contributed by atoms with Crippen molar-refractivity contribution in [1.29, 1.82) is 0 Å². The molecule has 1 aliphatic rings. The Morgan fingerprint density at radius 1 is 1.26 bits per heavy atom. The van der Waals surface area contributed by atoms with Crippen molar-refractivity contribution in [1.82, 2.24) is 5.32 Å². The molecule has 0 aliphatic heterocycles. The van der Waals surface area contributed by atoms with Gasteiger partial charge in [-0.25, -0.2) is 0 Å². The van der Waals surface area contributed by atoms with Crippen molar-refractivity contribution in [2.45, 2.75) is 72.3 Å². The molecule has 1 amide bonds. The van der Waals surface area contributed by atoms with Crippen LogP contribution >= 0.6 is 15.9 Å². The Kier molecular flexibility index (Phi) is 6.85. The molecule has 1 N–H and O–H groups in total. The van der Waals surface area contributed by atoms with Gasteiger partial charge in [0.1, 0.15) is 0 Å². The minimum absolute atomic E-state index is 0.255. The fourth-order valence-electron chi connectivity index (χ4n) is 3.04. The molecule has 3 heteroatoms. The van der Waals surface area contributed by atoms with Crippen molar-refractivity contribution >= 4 is 21.8 Å². The number of hydrogen-bond acceptors (Lipinski definition) is 1. The average molecular weight is 332 g/mol. The maximum Gasteiger partial charge on any atom is 0.223 e. The van der Waals surface area contributed by atoms with E-state index in [1.54, 1.807) is 0 Å². The van der Waals surface area contributed by atoms with Crippen molar-refractivity contribution < 1.29 is 4.79 Å². The first-order valence-electron chi connectivity index (χ1n) is 7.71. The summed E-state index contributed by atoms with van der Waals surface area (Å²) in [7, 11) is 0. The summed E-state index contributed by atoms with van der Waals surface area (Å²) < 4.78 is 0. The standard InChI is InChI=1S/C16H30BrNO/c1-12(6-5-11-17)18-15(19)13-7-9-14(10-8-13)16(2,3)4/h12-14H,5-11H2,1-4H3,(H,18,19). The minimum Gasteiger partial charge on any atom is -0.353 e. The van der Waals surface area contributed by atoms with E-state index in [4.69, 9.17) is 0 Å². The molecule has 0 aromatic carbocycles. The first-order chi connectivity index (χ1) is 8.84. The Bertz CT molecular complexity index is 277. The van der Waals surface area contributed by atoms with E-state index < -0.39 is 0 Å². The van der Waals surface area contributed by atoms with Crippen LogP contribution in [0.5, 0.6) is 0 Å². The lowest BCUT2D eigenvalue weighted by Crippen LogP contribution is -2.39. The molecule has 1 atom stereocenters. The first-order valence-corrected chi connectivity index (χ1v) is 8.83. The molecule has 0 spiro atoms. The summed E-state index contributed by atoms with van der Waals surface area (Å²) in [5, 5.41) is 4.20. The molecule has 112 valence electrons. The second kappa shape index (κ2) is 7.66. The highest BCUT2D eigenvalue weighted by Gasteiger charge is 2.32. The van der Waals surface area contributed by atoms with Crippen LogP contribution in [0.25, 0.3) is 0 Å². The average Bonchev–Trinajstić information content (AvgIpc) is 2.35. The van der Waals surface area contributed by atoms with Crippen molar-refractivity contribution in [3.05, 3.63) is 0 Å². The summed E-state index contributed by atoms with van der Waals surface area (Å²) in [6.45, 7) is 9.07. The van der Waals surface area contributed by atoms with E-state index in [2.05, 4.69) is 48.9 Å². The molecule has 0 bridgehead atoms. The molecule has 0 heterocycles. The molecule has 0 radical (unpaired) electrons. The Hall–Kier alpha value is -0.0500. The van der Waals surface area contributed by atoms with Crippen LogP contribution in [0.1, 0.15) is 66.2 Å². The monoisotopic (exact) mass is 331 g/mol. The van der Waals surface area contributed by atoms with E-state index >= 15 is 0 Å². The highest BCUT2D eigenvalue weighted by Crippen LogP contribution is 2.39. The molecule has 1 saturated carbocycles. The third kappa shape index (κ3) is 5.85. The molecule has 2 nitrogen and oxygen atoms in total. The van der Waals surface area contributed by atoms with Crippen molar-refractivity contribution in [3.63, 3.8) is 0 Å². The predicted octanol–water partition coefficient (Wildman–Crippen LogP) is 4.52. The van der Waals surface area contributed by atoms with Gasteiger partial charge < -0.3 is 5.32 Å². The van der Waals surface area contributed by atoms with Gasteiger partial charge in [0.2, 0.25) is 5.91 Å². The zero-order valence-electron chi connectivity index (χ0n) is 13.0. The summed E-state index contributed by atoms with van der Waals surface area (Å²) >= 11 is 3.43. The number of nitrogens with one attached hydrogen (secondary N) is 1. The molecule has 1 aliphatic carbocycles. The third-order valence-electron chi connectivity index (χ3n) is 4.48. The maximum absolute atomic E-state index is 12.2. The van der Waals surface area contributed by atoms with Crippen LogP contribution < -0.4 is 5.32 Å². The van der Waals surface area contributed by atoms with Crippen LogP contribution in [0.4, 0.5) is 0 Å². The fourth-order valence-corrected chi connectivity index (χ4v) is 3.36. The highest BCUT2D eigenvalue weighted by molar-refractivity contribution is 9.09. The summed E-state index contributed by atoms with van der Waals surface area (Å²) in [6.07, 6.45) is 6.74. The lowest BCUT2D eigenvalue weighted by atomic mass is 9.69. The molecule has 0 saturated heterocycles. The van der Waals surface area contributed by atoms with Crippen LogP contribution in [0.3, 0.4) is 0 Å². The number of hydrogen-bond donors (Lipinski definition) is 1. The van der Waals surface area contributed by atoms with Gasteiger partial charge in [0.25, 0.3) is 0 Å². The first kappa shape index (κ1) is 17.0. The van der Waals surface area contributed by atoms with Gasteiger partial charge in [-0.15, -0.1) is 0 Å². The summed E-state index contributed by atoms with van der Waals surface area (Å²) in [6, 6.07) is 0.311. The van der Waals surface area contributed by atoms with E-state index in [1.165, 1.54) is 12.8 Å². The van der Waals surface area contributed by atoms with Gasteiger partial charge in [-0.2, -0.15) is 0 Å². The van der Waals surface area contributed by atoms with Gasteiger partial charge in [0, 0.05) is 17.3 Å². The minimum atomic E-state index is 0.255. The smallest absolute Gasteiger partial charge is 0.223 e. The molecular formula is C16H30BrNO. The molecule has 0 aromatic rings. The Morgan fingerprint density at radius 2 is 1.84 bits per heavy atom. The van der Waals surface area contributed by atoms with Crippen LogP contribution in [0.15, 0.2) is 0 Å². The number of rotatable bonds is 5. The van der Waals surface area contributed by atoms with Crippen molar-refractivity contribution in [2.75, 3.05) is 5.33 Å². The Balaban J connectivity index is 2.33. The van der Waals surface area contributed by atoms with E-state index in [0.717, 1.165) is 36.9 Å². The van der Waals surface area contributed by atoms with Crippen LogP contribution in [0, 0.1) is 17.3 Å². The number of alkyl halides is 1. The molecule has 1 unspecified atom stereocenters. The maximum atomic E-state index is 12.2. The van der Waals surface area contributed by atoms with Gasteiger partial charge in [-0.3, -0.25) is 4.79 Å². The second-order valence-electron chi connectivity index (χ2n) is 7.16. The third-order valence-corrected chi connectivity index (χ3v) is 5.04. The van der Waals surface area contributed by atoms with E-state index in [1.807, 2.05) is 0 Å².